The molecule has 0 spiro atoms. The molecule has 0 atom stereocenters. The highest BCUT2D eigenvalue weighted by Gasteiger charge is 2.06. The molecule has 4 nitrogen and oxygen atoms in total. The van der Waals surface area contributed by atoms with Crippen LogP contribution in [0.3, 0.4) is 0 Å². The van der Waals surface area contributed by atoms with E-state index in [1.807, 2.05) is 36.4 Å². The van der Waals surface area contributed by atoms with Crippen LogP contribution in [-0.2, 0) is 9.59 Å². The molecule has 0 aliphatic heterocycles. The van der Waals surface area contributed by atoms with Gasteiger partial charge in [0.2, 0.25) is 0 Å². The van der Waals surface area contributed by atoms with Gasteiger partial charge in [-0.2, -0.15) is 0 Å². The molecule has 0 saturated carbocycles. The molecular weight excluding hydrogens is 280 g/mol. The second-order valence-corrected chi connectivity index (χ2v) is 5.05. The second kappa shape index (κ2) is 6.26. The molecule has 0 aromatic heterocycles. The Labute approximate surface area is 128 Å². The third-order valence-corrected chi connectivity index (χ3v) is 3.41. The van der Waals surface area contributed by atoms with E-state index in [4.69, 9.17) is 10.2 Å². The molecule has 4 heteroatoms. The molecule has 0 unspecified atom stereocenters. The summed E-state index contributed by atoms with van der Waals surface area (Å²) in [7, 11) is 0. The van der Waals surface area contributed by atoms with Gasteiger partial charge < -0.3 is 10.2 Å². The van der Waals surface area contributed by atoms with Crippen LogP contribution < -0.4 is 0 Å². The standard InChI is InChI=1S/C18H16O4/c1-11(17(19)20)9-13-5-3-8-16-14(6-4-7-15(13)16)10-12(2)18(21)22/h3-10H,1-2H3,(H,19,20)(H,21,22). The Morgan fingerprint density at radius 2 is 1.14 bits per heavy atom. The molecule has 0 bridgehead atoms. The van der Waals surface area contributed by atoms with Crippen LogP contribution in [-0.4, -0.2) is 22.2 Å². The third kappa shape index (κ3) is 3.23. The van der Waals surface area contributed by atoms with Crippen molar-refractivity contribution in [2.75, 3.05) is 0 Å². The molecule has 2 rings (SSSR count). The molecule has 0 heterocycles. The van der Waals surface area contributed by atoms with Gasteiger partial charge in [-0.25, -0.2) is 9.59 Å². The Morgan fingerprint density at radius 1 is 0.773 bits per heavy atom. The zero-order chi connectivity index (χ0) is 16.3. The molecule has 22 heavy (non-hydrogen) atoms. The van der Waals surface area contributed by atoms with Gasteiger partial charge in [0.25, 0.3) is 0 Å². The predicted molar refractivity (Wildman–Crippen MR) is 86.5 cm³/mol. The molecule has 0 aliphatic carbocycles. The van der Waals surface area contributed by atoms with Crippen molar-refractivity contribution in [2.45, 2.75) is 13.8 Å². The van der Waals surface area contributed by atoms with Gasteiger partial charge in [0.05, 0.1) is 0 Å². The molecule has 0 amide bonds. The summed E-state index contributed by atoms with van der Waals surface area (Å²) in [5.74, 6) is -1.93. The Morgan fingerprint density at radius 3 is 1.45 bits per heavy atom. The van der Waals surface area contributed by atoms with Crippen molar-refractivity contribution < 1.29 is 19.8 Å². The van der Waals surface area contributed by atoms with E-state index in [1.54, 1.807) is 26.0 Å². The Bertz CT molecular complexity index is 744. The predicted octanol–water partition coefficient (Wildman–Crippen LogP) is 3.82. The van der Waals surface area contributed by atoms with E-state index in [9.17, 15) is 9.59 Å². The Balaban J connectivity index is 2.66. The van der Waals surface area contributed by atoms with Gasteiger partial charge >= 0.3 is 11.9 Å². The van der Waals surface area contributed by atoms with E-state index in [-0.39, 0.29) is 11.1 Å². The second-order valence-electron chi connectivity index (χ2n) is 5.05. The molecule has 0 aliphatic rings. The summed E-state index contributed by atoms with van der Waals surface area (Å²) < 4.78 is 0. The van der Waals surface area contributed by atoms with Crippen molar-refractivity contribution in [2.24, 2.45) is 0 Å². The molecular formula is C18H16O4. The van der Waals surface area contributed by atoms with Crippen molar-refractivity contribution in [3.05, 3.63) is 58.7 Å². The Kier molecular flexibility index (Phi) is 4.41. The van der Waals surface area contributed by atoms with E-state index in [0.29, 0.717) is 0 Å². The van der Waals surface area contributed by atoms with Gasteiger partial charge in [-0.05, 0) is 47.9 Å². The number of rotatable bonds is 4. The summed E-state index contributed by atoms with van der Waals surface area (Å²) in [5.41, 5.74) is 2.08. The maximum Gasteiger partial charge on any atom is 0.331 e. The summed E-state index contributed by atoms with van der Waals surface area (Å²) in [4.78, 5) is 22.0. The van der Waals surface area contributed by atoms with Crippen molar-refractivity contribution >= 4 is 34.9 Å². The van der Waals surface area contributed by atoms with Crippen LogP contribution in [0, 0.1) is 0 Å². The lowest BCUT2D eigenvalue weighted by molar-refractivity contribution is -0.133. The van der Waals surface area contributed by atoms with Crippen LogP contribution in [0.2, 0.25) is 0 Å². The fourth-order valence-electron chi connectivity index (χ4n) is 2.20. The molecule has 2 aromatic carbocycles. The number of aliphatic carboxylic acids is 2. The van der Waals surface area contributed by atoms with Crippen LogP contribution in [0.4, 0.5) is 0 Å². The monoisotopic (exact) mass is 296 g/mol. The van der Waals surface area contributed by atoms with Gasteiger partial charge in [-0.1, -0.05) is 36.4 Å². The Hall–Kier alpha value is -2.88. The highest BCUT2D eigenvalue weighted by atomic mass is 16.4. The number of carbonyl (C=O) groups is 2. The van der Waals surface area contributed by atoms with E-state index in [0.717, 1.165) is 21.9 Å². The molecule has 0 saturated heterocycles. The first kappa shape index (κ1) is 15.5. The maximum absolute atomic E-state index is 11.0. The summed E-state index contributed by atoms with van der Waals surface area (Å²) in [5, 5.41) is 19.8. The zero-order valence-electron chi connectivity index (χ0n) is 12.3. The number of carboxylic acid groups (broad SMARTS) is 2. The fourth-order valence-corrected chi connectivity index (χ4v) is 2.20. The number of fused-ring (bicyclic) bond motifs is 1. The molecule has 0 fully saturated rings. The van der Waals surface area contributed by atoms with E-state index in [1.165, 1.54) is 0 Å². The van der Waals surface area contributed by atoms with E-state index < -0.39 is 11.9 Å². The minimum absolute atomic E-state index is 0.246. The van der Waals surface area contributed by atoms with Crippen LogP contribution in [0.15, 0.2) is 47.5 Å². The van der Waals surface area contributed by atoms with E-state index in [2.05, 4.69) is 0 Å². The highest BCUT2D eigenvalue weighted by Crippen LogP contribution is 2.26. The summed E-state index contributed by atoms with van der Waals surface area (Å²) in [6.07, 6.45) is 3.23. The summed E-state index contributed by atoms with van der Waals surface area (Å²) >= 11 is 0. The molecule has 112 valence electrons. The lowest BCUT2D eigenvalue weighted by atomic mass is 9.98. The topological polar surface area (TPSA) is 74.6 Å². The number of benzene rings is 2. The normalized spacial score (nSPS) is 12.5. The average molecular weight is 296 g/mol. The molecule has 2 aromatic rings. The SMILES string of the molecule is CC(=Cc1cccc2c(C=C(C)C(=O)O)cccc12)C(=O)O. The minimum Gasteiger partial charge on any atom is -0.478 e. The van der Waals surface area contributed by atoms with Crippen molar-refractivity contribution in [1.82, 2.24) is 0 Å². The number of hydrogen-bond donors (Lipinski definition) is 2. The smallest absolute Gasteiger partial charge is 0.331 e. The molecule has 0 radical (unpaired) electrons. The van der Waals surface area contributed by atoms with Crippen LogP contribution >= 0.6 is 0 Å². The van der Waals surface area contributed by atoms with E-state index >= 15 is 0 Å². The summed E-state index contributed by atoms with van der Waals surface area (Å²) in [6.45, 7) is 3.08. The van der Waals surface area contributed by atoms with Crippen LogP contribution in [0.25, 0.3) is 22.9 Å². The van der Waals surface area contributed by atoms with Gasteiger partial charge in [0.15, 0.2) is 0 Å². The van der Waals surface area contributed by atoms with Gasteiger partial charge in [-0.3, -0.25) is 0 Å². The van der Waals surface area contributed by atoms with Crippen LogP contribution in [0.5, 0.6) is 0 Å². The number of carboxylic acids is 2. The van der Waals surface area contributed by atoms with Gasteiger partial charge in [-0.15, -0.1) is 0 Å². The van der Waals surface area contributed by atoms with Crippen LogP contribution in [0.1, 0.15) is 25.0 Å². The van der Waals surface area contributed by atoms with Crippen molar-refractivity contribution in [1.29, 1.82) is 0 Å². The maximum atomic E-state index is 11.0. The zero-order valence-corrected chi connectivity index (χ0v) is 12.3. The lowest BCUT2D eigenvalue weighted by Gasteiger charge is -2.07. The van der Waals surface area contributed by atoms with Gasteiger partial charge in [0, 0.05) is 11.1 Å². The fraction of sp³-hybridized carbons (Fsp3) is 0.111. The highest BCUT2D eigenvalue weighted by molar-refractivity contribution is 6.01. The van der Waals surface area contributed by atoms with Crippen molar-refractivity contribution in [3.63, 3.8) is 0 Å². The first-order chi connectivity index (χ1) is 10.4. The summed E-state index contributed by atoms with van der Waals surface area (Å²) in [6, 6.07) is 11.1. The van der Waals surface area contributed by atoms with Gasteiger partial charge in [0.1, 0.15) is 0 Å². The van der Waals surface area contributed by atoms with Crippen molar-refractivity contribution in [3.8, 4) is 0 Å². The third-order valence-electron chi connectivity index (χ3n) is 3.41. The first-order valence-electron chi connectivity index (χ1n) is 6.75. The largest absolute Gasteiger partial charge is 0.478 e. The first-order valence-corrected chi connectivity index (χ1v) is 6.75. The quantitative estimate of drug-likeness (QED) is 0.841. The molecule has 2 N–H and O–H groups in total. The number of hydrogen-bond acceptors (Lipinski definition) is 2. The average Bonchev–Trinajstić information content (AvgIpc) is 2.47. The lowest BCUT2D eigenvalue weighted by Crippen LogP contribution is -1.96. The minimum atomic E-state index is -0.963.